The van der Waals surface area contributed by atoms with E-state index in [4.69, 9.17) is 45.3 Å². The maximum atomic E-state index is 6.20. The fraction of sp³-hybridized carbons (Fsp3) is 0.250. The molecule has 0 spiro atoms. The van der Waals surface area contributed by atoms with Crippen molar-refractivity contribution in [3.63, 3.8) is 0 Å². The number of benzene rings is 2. The molecule has 0 fully saturated rings. The average Bonchev–Trinajstić information content (AvgIpc) is 2.43. The molecule has 2 N–H and O–H groups in total. The van der Waals surface area contributed by atoms with Crippen molar-refractivity contribution in [2.24, 2.45) is 5.73 Å². The normalized spacial score (nSPS) is 13.8. The molecule has 2 aromatic carbocycles. The van der Waals surface area contributed by atoms with E-state index in [1.165, 1.54) is 0 Å². The lowest BCUT2D eigenvalue weighted by molar-refractivity contribution is 0.189. The van der Waals surface area contributed by atoms with Gasteiger partial charge in [-0.3, -0.25) is 0 Å². The van der Waals surface area contributed by atoms with Gasteiger partial charge >= 0.3 is 0 Å². The molecular formula is C16H16Cl3NO. The summed E-state index contributed by atoms with van der Waals surface area (Å²) in [5.74, 6) is 0.690. The Morgan fingerprint density at radius 1 is 1.05 bits per heavy atom. The van der Waals surface area contributed by atoms with Crippen LogP contribution in [0.4, 0.5) is 0 Å². The first kappa shape index (κ1) is 16.4. The van der Waals surface area contributed by atoms with Crippen LogP contribution in [0.5, 0.6) is 5.75 Å². The van der Waals surface area contributed by atoms with Gasteiger partial charge in [-0.25, -0.2) is 0 Å². The van der Waals surface area contributed by atoms with Gasteiger partial charge in [0.1, 0.15) is 11.9 Å². The Labute approximate surface area is 139 Å². The molecule has 21 heavy (non-hydrogen) atoms. The Balaban J connectivity index is 2.04. The standard InChI is InChI=1S/C16H16Cl3NO/c1-10(21-12-5-2-4-11(17)8-12)16(20)9-13-14(18)6-3-7-15(13)19/h2-8,10,16H,9,20H2,1H3. The minimum absolute atomic E-state index is 0.198. The molecule has 2 rings (SSSR count). The van der Waals surface area contributed by atoms with Gasteiger partial charge in [-0.05, 0) is 49.2 Å². The molecule has 2 nitrogen and oxygen atoms in total. The topological polar surface area (TPSA) is 35.2 Å². The van der Waals surface area contributed by atoms with Gasteiger partial charge in [0.25, 0.3) is 0 Å². The van der Waals surface area contributed by atoms with E-state index in [1.807, 2.05) is 25.1 Å². The SMILES string of the molecule is CC(Oc1cccc(Cl)c1)C(N)Cc1c(Cl)cccc1Cl. The largest absolute Gasteiger partial charge is 0.489 e. The summed E-state index contributed by atoms with van der Waals surface area (Å²) in [6.45, 7) is 1.91. The van der Waals surface area contributed by atoms with Crippen LogP contribution in [-0.2, 0) is 6.42 Å². The van der Waals surface area contributed by atoms with Crippen molar-refractivity contribution in [3.05, 3.63) is 63.1 Å². The third-order valence-electron chi connectivity index (χ3n) is 3.22. The van der Waals surface area contributed by atoms with E-state index < -0.39 is 0 Å². The first-order valence-electron chi connectivity index (χ1n) is 6.58. The monoisotopic (exact) mass is 343 g/mol. The molecule has 2 unspecified atom stereocenters. The number of halogens is 3. The van der Waals surface area contributed by atoms with Gasteiger partial charge in [0.2, 0.25) is 0 Å². The summed E-state index contributed by atoms with van der Waals surface area (Å²) >= 11 is 18.3. The Bertz CT molecular complexity index is 598. The van der Waals surface area contributed by atoms with E-state index in [0.717, 1.165) is 5.56 Å². The van der Waals surface area contributed by atoms with E-state index >= 15 is 0 Å². The zero-order valence-electron chi connectivity index (χ0n) is 11.5. The Morgan fingerprint density at radius 3 is 2.29 bits per heavy atom. The number of hydrogen-bond acceptors (Lipinski definition) is 2. The molecule has 0 radical (unpaired) electrons. The lowest BCUT2D eigenvalue weighted by Gasteiger charge is -2.22. The van der Waals surface area contributed by atoms with Crippen LogP contribution in [0.3, 0.4) is 0 Å². The van der Waals surface area contributed by atoms with Gasteiger partial charge in [0.15, 0.2) is 0 Å². The second kappa shape index (κ2) is 7.37. The molecule has 112 valence electrons. The summed E-state index contributed by atoms with van der Waals surface area (Å²) in [4.78, 5) is 0. The Morgan fingerprint density at radius 2 is 1.67 bits per heavy atom. The second-order valence-electron chi connectivity index (χ2n) is 4.85. The number of hydrogen-bond donors (Lipinski definition) is 1. The lowest BCUT2D eigenvalue weighted by atomic mass is 10.0. The van der Waals surface area contributed by atoms with Crippen molar-refractivity contribution in [1.29, 1.82) is 0 Å². The highest BCUT2D eigenvalue weighted by molar-refractivity contribution is 6.36. The lowest BCUT2D eigenvalue weighted by Crippen LogP contribution is -2.38. The maximum Gasteiger partial charge on any atom is 0.121 e. The highest BCUT2D eigenvalue weighted by Crippen LogP contribution is 2.26. The summed E-state index contributed by atoms with van der Waals surface area (Å²) in [5.41, 5.74) is 7.04. The van der Waals surface area contributed by atoms with Crippen molar-refractivity contribution >= 4 is 34.8 Å². The summed E-state index contributed by atoms with van der Waals surface area (Å²) in [5, 5.41) is 1.86. The smallest absolute Gasteiger partial charge is 0.121 e. The highest BCUT2D eigenvalue weighted by Gasteiger charge is 2.18. The van der Waals surface area contributed by atoms with Gasteiger partial charge in [-0.1, -0.05) is 46.9 Å². The van der Waals surface area contributed by atoms with E-state index in [-0.39, 0.29) is 12.1 Å². The minimum Gasteiger partial charge on any atom is -0.489 e. The molecule has 0 heterocycles. The molecule has 2 aromatic rings. The third-order valence-corrected chi connectivity index (χ3v) is 4.17. The van der Waals surface area contributed by atoms with Crippen molar-refractivity contribution in [1.82, 2.24) is 0 Å². The van der Waals surface area contributed by atoms with Crippen LogP contribution in [0.1, 0.15) is 12.5 Å². The molecule has 0 aromatic heterocycles. The zero-order chi connectivity index (χ0) is 15.4. The molecule has 2 atom stereocenters. The summed E-state index contributed by atoms with van der Waals surface area (Å²) < 4.78 is 5.81. The van der Waals surface area contributed by atoms with Crippen LogP contribution >= 0.6 is 34.8 Å². The fourth-order valence-corrected chi connectivity index (χ4v) is 2.70. The van der Waals surface area contributed by atoms with Crippen LogP contribution < -0.4 is 10.5 Å². The minimum atomic E-state index is -0.235. The van der Waals surface area contributed by atoms with E-state index in [9.17, 15) is 0 Å². The zero-order valence-corrected chi connectivity index (χ0v) is 13.8. The van der Waals surface area contributed by atoms with Crippen molar-refractivity contribution in [2.45, 2.75) is 25.5 Å². The quantitative estimate of drug-likeness (QED) is 0.830. The van der Waals surface area contributed by atoms with Gasteiger partial charge in [0.05, 0.1) is 0 Å². The van der Waals surface area contributed by atoms with Crippen molar-refractivity contribution in [3.8, 4) is 5.75 Å². The third kappa shape index (κ3) is 4.52. The molecule has 0 aliphatic carbocycles. The second-order valence-corrected chi connectivity index (χ2v) is 6.10. The first-order valence-corrected chi connectivity index (χ1v) is 7.71. The number of rotatable bonds is 5. The molecule has 5 heteroatoms. The van der Waals surface area contributed by atoms with Gasteiger partial charge in [-0.15, -0.1) is 0 Å². The number of ether oxygens (including phenoxy) is 1. The van der Waals surface area contributed by atoms with Crippen LogP contribution in [0.2, 0.25) is 15.1 Å². The predicted molar refractivity (Wildman–Crippen MR) is 89.7 cm³/mol. The molecule has 0 saturated carbocycles. The Kier molecular flexibility index (Phi) is 5.77. The van der Waals surface area contributed by atoms with Gasteiger partial charge < -0.3 is 10.5 Å². The molecule has 0 bridgehead atoms. The van der Waals surface area contributed by atoms with Gasteiger partial charge in [-0.2, -0.15) is 0 Å². The molecule has 0 aliphatic heterocycles. The van der Waals surface area contributed by atoms with Crippen LogP contribution in [0, 0.1) is 0 Å². The summed E-state index contributed by atoms with van der Waals surface area (Å²) in [6, 6.07) is 12.4. The Hall–Kier alpha value is -0.930. The number of nitrogens with two attached hydrogens (primary N) is 1. The molecule has 0 aliphatic rings. The van der Waals surface area contributed by atoms with Crippen LogP contribution in [-0.4, -0.2) is 12.1 Å². The van der Waals surface area contributed by atoms with Crippen LogP contribution in [0.25, 0.3) is 0 Å². The summed E-state index contributed by atoms with van der Waals surface area (Å²) in [7, 11) is 0. The molecule has 0 saturated heterocycles. The highest BCUT2D eigenvalue weighted by atomic mass is 35.5. The molecule has 0 amide bonds. The average molecular weight is 345 g/mol. The van der Waals surface area contributed by atoms with Crippen LogP contribution in [0.15, 0.2) is 42.5 Å². The van der Waals surface area contributed by atoms with E-state index in [2.05, 4.69) is 0 Å². The van der Waals surface area contributed by atoms with E-state index in [0.29, 0.717) is 27.2 Å². The predicted octanol–water partition coefficient (Wildman–Crippen LogP) is 4.98. The first-order chi connectivity index (χ1) is 9.97. The van der Waals surface area contributed by atoms with Gasteiger partial charge in [0, 0.05) is 21.1 Å². The molecular weight excluding hydrogens is 329 g/mol. The fourth-order valence-electron chi connectivity index (χ4n) is 1.97. The van der Waals surface area contributed by atoms with E-state index in [1.54, 1.807) is 24.3 Å². The van der Waals surface area contributed by atoms with Crippen molar-refractivity contribution < 1.29 is 4.74 Å². The summed E-state index contributed by atoms with van der Waals surface area (Å²) in [6.07, 6.45) is 0.344. The maximum absolute atomic E-state index is 6.20. The van der Waals surface area contributed by atoms with Crippen molar-refractivity contribution in [2.75, 3.05) is 0 Å².